The fourth-order valence-corrected chi connectivity index (χ4v) is 4.38. The Morgan fingerprint density at radius 1 is 1.30 bits per heavy atom. The Kier molecular flexibility index (Phi) is 10.4. The lowest BCUT2D eigenvalue weighted by Crippen LogP contribution is -2.47. The predicted octanol–water partition coefficient (Wildman–Crippen LogP) is 4.19. The third-order valence-electron chi connectivity index (χ3n) is 5.05. The molecular formula is C20H34IN3O2S. The van der Waals surface area contributed by atoms with Crippen LogP contribution < -0.4 is 5.32 Å². The maximum absolute atomic E-state index is 6.13. The monoisotopic (exact) mass is 507 g/mol. The number of guanidine groups is 1. The van der Waals surface area contributed by atoms with Gasteiger partial charge in [-0.1, -0.05) is 0 Å². The molecule has 0 spiro atoms. The van der Waals surface area contributed by atoms with Crippen LogP contribution in [0.3, 0.4) is 0 Å². The van der Waals surface area contributed by atoms with E-state index in [9.17, 15) is 0 Å². The molecule has 3 rings (SSSR count). The van der Waals surface area contributed by atoms with Crippen molar-refractivity contribution in [3.63, 3.8) is 0 Å². The summed E-state index contributed by atoms with van der Waals surface area (Å²) in [6.07, 6.45) is 6.43. The van der Waals surface area contributed by atoms with Gasteiger partial charge in [-0.25, -0.2) is 4.99 Å². The fraction of sp³-hybridized carbons (Fsp3) is 0.750. The molecule has 0 bridgehead atoms. The quantitative estimate of drug-likeness (QED) is 0.357. The maximum Gasteiger partial charge on any atom is 0.194 e. The van der Waals surface area contributed by atoms with Gasteiger partial charge in [-0.2, -0.15) is 0 Å². The van der Waals surface area contributed by atoms with Crippen molar-refractivity contribution < 1.29 is 9.47 Å². The molecule has 1 aromatic rings. The van der Waals surface area contributed by atoms with Crippen molar-refractivity contribution in [3.05, 3.63) is 21.9 Å². The lowest BCUT2D eigenvalue weighted by atomic mass is 10.1. The number of likely N-dealkylation sites (tertiary alicyclic amines) is 1. The highest BCUT2D eigenvalue weighted by Crippen LogP contribution is 2.19. The van der Waals surface area contributed by atoms with Gasteiger partial charge >= 0.3 is 0 Å². The SMILES string of the molecule is CCNC(=NCc1ccc(C)s1)N1CCC(OCC2CCCCO2)CC1.I. The van der Waals surface area contributed by atoms with Crippen LogP contribution in [-0.2, 0) is 16.0 Å². The highest BCUT2D eigenvalue weighted by Gasteiger charge is 2.23. The van der Waals surface area contributed by atoms with Crippen molar-refractivity contribution in [2.45, 2.75) is 64.7 Å². The molecule has 7 heteroatoms. The summed E-state index contributed by atoms with van der Waals surface area (Å²) in [5.74, 6) is 1.03. The number of piperidine rings is 1. The average Bonchev–Trinajstić information content (AvgIpc) is 3.10. The van der Waals surface area contributed by atoms with E-state index in [1.165, 1.54) is 22.6 Å². The molecule has 1 unspecified atom stereocenters. The van der Waals surface area contributed by atoms with E-state index in [0.29, 0.717) is 12.2 Å². The summed E-state index contributed by atoms with van der Waals surface area (Å²) < 4.78 is 11.9. The summed E-state index contributed by atoms with van der Waals surface area (Å²) in [6.45, 7) is 9.61. The Bertz CT molecular complexity index is 567. The minimum absolute atomic E-state index is 0. The van der Waals surface area contributed by atoms with E-state index in [2.05, 4.69) is 36.2 Å². The van der Waals surface area contributed by atoms with E-state index in [1.54, 1.807) is 0 Å². The average molecular weight is 507 g/mol. The van der Waals surface area contributed by atoms with Crippen molar-refractivity contribution in [3.8, 4) is 0 Å². The molecule has 1 atom stereocenters. The van der Waals surface area contributed by atoms with Crippen LogP contribution in [0.2, 0.25) is 0 Å². The lowest BCUT2D eigenvalue weighted by Gasteiger charge is -2.35. The Morgan fingerprint density at radius 2 is 2.11 bits per heavy atom. The smallest absolute Gasteiger partial charge is 0.194 e. The summed E-state index contributed by atoms with van der Waals surface area (Å²) in [5, 5.41) is 3.45. The number of nitrogens with zero attached hydrogens (tertiary/aromatic N) is 2. The van der Waals surface area contributed by atoms with Crippen LogP contribution in [0.5, 0.6) is 0 Å². The van der Waals surface area contributed by atoms with Crippen LogP contribution in [0.25, 0.3) is 0 Å². The molecule has 0 aliphatic carbocycles. The number of rotatable bonds is 6. The second-order valence-electron chi connectivity index (χ2n) is 7.19. The Balaban J connectivity index is 0.00000261. The summed E-state index contributed by atoms with van der Waals surface area (Å²) in [4.78, 5) is 9.89. The molecule has 0 radical (unpaired) electrons. The first kappa shape index (κ1) is 22.9. The zero-order chi connectivity index (χ0) is 18.2. The Labute approximate surface area is 184 Å². The minimum Gasteiger partial charge on any atom is -0.376 e. The van der Waals surface area contributed by atoms with Crippen LogP contribution in [-0.4, -0.2) is 55.9 Å². The lowest BCUT2D eigenvalue weighted by molar-refractivity contribution is -0.0721. The van der Waals surface area contributed by atoms with E-state index in [1.807, 2.05) is 11.3 Å². The van der Waals surface area contributed by atoms with Gasteiger partial charge in [-0.15, -0.1) is 35.3 Å². The Hall–Kier alpha value is -0.380. The zero-order valence-corrected chi connectivity index (χ0v) is 19.8. The maximum atomic E-state index is 6.13. The number of hydrogen-bond acceptors (Lipinski definition) is 4. The third kappa shape index (κ3) is 7.51. The molecule has 2 saturated heterocycles. The van der Waals surface area contributed by atoms with Gasteiger partial charge in [-0.3, -0.25) is 0 Å². The van der Waals surface area contributed by atoms with Gasteiger partial charge in [0.05, 0.1) is 25.4 Å². The fourth-order valence-electron chi connectivity index (χ4n) is 3.57. The number of halogens is 1. The minimum atomic E-state index is 0. The van der Waals surface area contributed by atoms with Gasteiger partial charge in [0.25, 0.3) is 0 Å². The van der Waals surface area contributed by atoms with Crippen molar-refractivity contribution in [2.24, 2.45) is 4.99 Å². The van der Waals surface area contributed by atoms with E-state index in [0.717, 1.165) is 64.6 Å². The van der Waals surface area contributed by atoms with Gasteiger partial charge in [0, 0.05) is 36.0 Å². The van der Waals surface area contributed by atoms with Crippen LogP contribution >= 0.6 is 35.3 Å². The molecule has 5 nitrogen and oxygen atoms in total. The van der Waals surface area contributed by atoms with E-state index < -0.39 is 0 Å². The molecule has 1 aromatic heterocycles. The van der Waals surface area contributed by atoms with Gasteiger partial charge < -0.3 is 19.7 Å². The number of thiophene rings is 1. The topological polar surface area (TPSA) is 46.1 Å². The summed E-state index contributed by atoms with van der Waals surface area (Å²) in [5.41, 5.74) is 0. The molecule has 27 heavy (non-hydrogen) atoms. The van der Waals surface area contributed by atoms with Crippen LogP contribution in [0.1, 0.15) is 48.8 Å². The standard InChI is InChI=1S/C20H33N3O2S.HI/c1-3-21-20(22-14-19-8-7-16(2)26-19)23-11-9-17(10-12-23)25-15-18-6-4-5-13-24-18;/h7-8,17-18H,3-6,9-15H2,1-2H3,(H,21,22);1H. The molecule has 3 heterocycles. The number of ether oxygens (including phenoxy) is 2. The number of nitrogens with one attached hydrogen (secondary N) is 1. The molecule has 154 valence electrons. The van der Waals surface area contributed by atoms with Crippen LogP contribution in [0.4, 0.5) is 0 Å². The highest BCUT2D eigenvalue weighted by atomic mass is 127. The molecule has 2 aliphatic rings. The first-order chi connectivity index (χ1) is 12.7. The molecule has 2 fully saturated rings. The largest absolute Gasteiger partial charge is 0.376 e. The van der Waals surface area contributed by atoms with Gasteiger partial charge in [0.15, 0.2) is 5.96 Å². The molecule has 2 aliphatic heterocycles. The van der Waals surface area contributed by atoms with Crippen molar-refractivity contribution in [1.82, 2.24) is 10.2 Å². The van der Waals surface area contributed by atoms with Gasteiger partial charge in [-0.05, 0) is 58.1 Å². The third-order valence-corrected chi connectivity index (χ3v) is 6.03. The van der Waals surface area contributed by atoms with Crippen molar-refractivity contribution in [1.29, 1.82) is 0 Å². The molecular weight excluding hydrogens is 473 g/mol. The Morgan fingerprint density at radius 3 is 2.74 bits per heavy atom. The summed E-state index contributed by atoms with van der Waals surface area (Å²) >= 11 is 1.83. The molecule has 0 aromatic carbocycles. The molecule has 1 N–H and O–H groups in total. The van der Waals surface area contributed by atoms with E-state index >= 15 is 0 Å². The highest BCUT2D eigenvalue weighted by molar-refractivity contribution is 14.0. The zero-order valence-electron chi connectivity index (χ0n) is 16.6. The van der Waals surface area contributed by atoms with Gasteiger partial charge in [0.2, 0.25) is 0 Å². The van der Waals surface area contributed by atoms with Crippen LogP contribution in [0, 0.1) is 6.92 Å². The van der Waals surface area contributed by atoms with Gasteiger partial charge in [0.1, 0.15) is 0 Å². The first-order valence-electron chi connectivity index (χ1n) is 10.1. The second kappa shape index (κ2) is 12.2. The summed E-state index contributed by atoms with van der Waals surface area (Å²) in [7, 11) is 0. The van der Waals surface area contributed by atoms with E-state index in [-0.39, 0.29) is 24.0 Å². The number of hydrogen-bond donors (Lipinski definition) is 1. The molecule has 0 amide bonds. The number of aryl methyl sites for hydroxylation is 1. The molecule has 0 saturated carbocycles. The number of aliphatic imine (C=N–C) groups is 1. The van der Waals surface area contributed by atoms with Crippen LogP contribution in [0.15, 0.2) is 17.1 Å². The first-order valence-corrected chi connectivity index (χ1v) is 10.9. The van der Waals surface area contributed by atoms with Crippen molar-refractivity contribution in [2.75, 3.05) is 32.8 Å². The normalized spacial score (nSPS) is 21.8. The van der Waals surface area contributed by atoms with Crippen molar-refractivity contribution >= 4 is 41.3 Å². The summed E-state index contributed by atoms with van der Waals surface area (Å²) in [6, 6.07) is 4.35. The predicted molar refractivity (Wildman–Crippen MR) is 123 cm³/mol. The van der Waals surface area contributed by atoms with E-state index in [4.69, 9.17) is 14.5 Å². The second-order valence-corrected chi connectivity index (χ2v) is 8.56.